The first-order valence-electron chi connectivity index (χ1n) is 7.51. The number of esters is 1. The zero-order valence-corrected chi connectivity index (χ0v) is 12.4. The van der Waals surface area contributed by atoms with E-state index < -0.39 is 0 Å². The third-order valence-corrected chi connectivity index (χ3v) is 4.04. The van der Waals surface area contributed by atoms with E-state index in [-0.39, 0.29) is 11.9 Å². The smallest absolute Gasteiger partial charge is 0.308 e. The summed E-state index contributed by atoms with van der Waals surface area (Å²) in [5.41, 5.74) is 0. The third-order valence-electron chi connectivity index (χ3n) is 4.04. The minimum absolute atomic E-state index is 0.00634. The van der Waals surface area contributed by atoms with Crippen molar-refractivity contribution in [1.82, 2.24) is 5.32 Å². The number of carbonyl (C=O) groups excluding carboxylic acids is 1. The fourth-order valence-corrected chi connectivity index (χ4v) is 2.84. The van der Waals surface area contributed by atoms with E-state index in [1.807, 2.05) is 6.92 Å². The first-order valence-corrected chi connectivity index (χ1v) is 7.51. The maximum absolute atomic E-state index is 11.6. The van der Waals surface area contributed by atoms with Crippen LogP contribution in [0.15, 0.2) is 0 Å². The molecular weight excluding hydrogens is 226 g/mol. The van der Waals surface area contributed by atoms with E-state index in [1.165, 1.54) is 6.42 Å². The second-order valence-electron chi connectivity index (χ2n) is 5.73. The fourth-order valence-electron chi connectivity index (χ4n) is 2.84. The van der Waals surface area contributed by atoms with Crippen molar-refractivity contribution >= 4 is 5.97 Å². The van der Waals surface area contributed by atoms with Crippen molar-refractivity contribution < 1.29 is 9.53 Å². The predicted molar refractivity (Wildman–Crippen MR) is 74.4 cm³/mol. The molecule has 1 aliphatic rings. The fraction of sp³-hybridized carbons (Fsp3) is 0.933. The molecular formula is C15H29NO2. The lowest BCUT2D eigenvalue weighted by molar-refractivity contribution is -0.149. The number of ether oxygens (including phenoxy) is 1. The van der Waals surface area contributed by atoms with Crippen LogP contribution < -0.4 is 5.32 Å². The van der Waals surface area contributed by atoms with Gasteiger partial charge in [0.25, 0.3) is 0 Å². The zero-order chi connectivity index (χ0) is 13.5. The predicted octanol–water partition coefficient (Wildman–Crippen LogP) is 3.13. The number of nitrogens with one attached hydrogen (secondary N) is 1. The highest BCUT2D eigenvalue weighted by Crippen LogP contribution is 2.26. The Hall–Kier alpha value is -0.570. The van der Waals surface area contributed by atoms with Crippen LogP contribution in [0.5, 0.6) is 0 Å². The Morgan fingerprint density at radius 2 is 1.83 bits per heavy atom. The first-order chi connectivity index (χ1) is 8.58. The van der Waals surface area contributed by atoms with Gasteiger partial charge in [0, 0.05) is 12.1 Å². The molecule has 1 N–H and O–H groups in total. The van der Waals surface area contributed by atoms with E-state index in [4.69, 9.17) is 4.74 Å². The second-order valence-corrected chi connectivity index (χ2v) is 5.73. The van der Waals surface area contributed by atoms with Gasteiger partial charge < -0.3 is 10.1 Å². The molecule has 1 rings (SSSR count). The summed E-state index contributed by atoms with van der Waals surface area (Å²) in [4.78, 5) is 11.6. The Balaban J connectivity index is 2.32. The molecule has 1 saturated carbocycles. The SMILES string of the molecule is CCOC(=O)C1CCC(NC(CC)C(C)C)CC1. The largest absolute Gasteiger partial charge is 0.466 e. The molecule has 0 aromatic carbocycles. The average molecular weight is 255 g/mol. The lowest BCUT2D eigenvalue weighted by Gasteiger charge is -2.32. The minimum Gasteiger partial charge on any atom is -0.466 e. The van der Waals surface area contributed by atoms with Crippen molar-refractivity contribution in [3.8, 4) is 0 Å². The first kappa shape index (κ1) is 15.5. The Kier molecular flexibility index (Phi) is 6.69. The van der Waals surface area contributed by atoms with E-state index in [9.17, 15) is 4.79 Å². The molecule has 1 atom stereocenters. The van der Waals surface area contributed by atoms with Crippen LogP contribution in [0.25, 0.3) is 0 Å². The highest BCUT2D eigenvalue weighted by atomic mass is 16.5. The third kappa shape index (κ3) is 4.60. The van der Waals surface area contributed by atoms with Gasteiger partial charge in [0.1, 0.15) is 0 Å². The molecule has 0 amide bonds. The van der Waals surface area contributed by atoms with Crippen LogP contribution in [0.2, 0.25) is 0 Å². The van der Waals surface area contributed by atoms with Gasteiger partial charge in [0.05, 0.1) is 12.5 Å². The Morgan fingerprint density at radius 1 is 1.22 bits per heavy atom. The van der Waals surface area contributed by atoms with Crippen LogP contribution in [-0.4, -0.2) is 24.7 Å². The molecule has 0 bridgehead atoms. The van der Waals surface area contributed by atoms with Gasteiger partial charge in [-0.05, 0) is 44.9 Å². The average Bonchev–Trinajstić information content (AvgIpc) is 2.36. The summed E-state index contributed by atoms with van der Waals surface area (Å²) in [5, 5.41) is 3.74. The lowest BCUT2D eigenvalue weighted by Crippen LogP contribution is -2.43. The molecule has 0 radical (unpaired) electrons. The summed E-state index contributed by atoms with van der Waals surface area (Å²) < 4.78 is 5.10. The van der Waals surface area contributed by atoms with Gasteiger partial charge in [-0.3, -0.25) is 4.79 Å². The number of hydrogen-bond donors (Lipinski definition) is 1. The number of rotatable bonds is 6. The second kappa shape index (κ2) is 7.78. The molecule has 0 aromatic heterocycles. The summed E-state index contributed by atoms with van der Waals surface area (Å²) in [6, 6.07) is 1.19. The molecule has 3 nitrogen and oxygen atoms in total. The Bertz CT molecular complexity index is 245. The van der Waals surface area contributed by atoms with Gasteiger partial charge >= 0.3 is 5.97 Å². The lowest BCUT2D eigenvalue weighted by atomic mass is 9.85. The summed E-state index contributed by atoms with van der Waals surface area (Å²) in [6.07, 6.45) is 5.34. The molecule has 1 unspecified atom stereocenters. The normalized spacial score (nSPS) is 26.1. The maximum atomic E-state index is 11.6. The summed E-state index contributed by atoms with van der Waals surface area (Å²) >= 11 is 0. The molecule has 1 aliphatic carbocycles. The maximum Gasteiger partial charge on any atom is 0.308 e. The van der Waals surface area contributed by atoms with Crippen LogP contribution in [0.3, 0.4) is 0 Å². The van der Waals surface area contributed by atoms with Gasteiger partial charge in [-0.1, -0.05) is 20.8 Å². The number of carbonyl (C=O) groups is 1. The molecule has 0 saturated heterocycles. The van der Waals surface area contributed by atoms with Crippen molar-refractivity contribution in [3.63, 3.8) is 0 Å². The van der Waals surface area contributed by atoms with E-state index in [0.717, 1.165) is 25.7 Å². The molecule has 0 aromatic rings. The van der Waals surface area contributed by atoms with Crippen LogP contribution in [0, 0.1) is 11.8 Å². The van der Waals surface area contributed by atoms with Crippen LogP contribution >= 0.6 is 0 Å². The summed E-state index contributed by atoms with van der Waals surface area (Å²) in [5.74, 6) is 0.826. The zero-order valence-electron chi connectivity index (χ0n) is 12.4. The summed E-state index contributed by atoms with van der Waals surface area (Å²) in [7, 11) is 0. The molecule has 0 aliphatic heterocycles. The highest BCUT2D eigenvalue weighted by Gasteiger charge is 2.28. The van der Waals surface area contributed by atoms with E-state index in [2.05, 4.69) is 26.1 Å². The molecule has 3 heteroatoms. The minimum atomic E-state index is 0.00634. The Morgan fingerprint density at radius 3 is 2.28 bits per heavy atom. The van der Waals surface area contributed by atoms with Crippen LogP contribution in [-0.2, 0) is 9.53 Å². The molecule has 0 spiro atoms. The molecule has 106 valence electrons. The van der Waals surface area contributed by atoms with Crippen molar-refractivity contribution in [2.24, 2.45) is 11.8 Å². The monoisotopic (exact) mass is 255 g/mol. The Labute approximate surface area is 112 Å². The quantitative estimate of drug-likeness (QED) is 0.741. The van der Waals surface area contributed by atoms with Gasteiger partial charge in [-0.15, -0.1) is 0 Å². The van der Waals surface area contributed by atoms with Crippen LogP contribution in [0.4, 0.5) is 0 Å². The van der Waals surface area contributed by atoms with Crippen molar-refractivity contribution in [2.75, 3.05) is 6.61 Å². The summed E-state index contributed by atoms with van der Waals surface area (Å²) in [6.45, 7) is 9.15. The molecule has 0 heterocycles. The topological polar surface area (TPSA) is 38.3 Å². The van der Waals surface area contributed by atoms with E-state index in [1.54, 1.807) is 0 Å². The van der Waals surface area contributed by atoms with Crippen molar-refractivity contribution in [2.45, 2.75) is 71.9 Å². The van der Waals surface area contributed by atoms with E-state index >= 15 is 0 Å². The van der Waals surface area contributed by atoms with Gasteiger partial charge in [-0.2, -0.15) is 0 Å². The van der Waals surface area contributed by atoms with Gasteiger partial charge in [-0.25, -0.2) is 0 Å². The van der Waals surface area contributed by atoms with Crippen molar-refractivity contribution in [3.05, 3.63) is 0 Å². The molecule has 1 fully saturated rings. The highest BCUT2D eigenvalue weighted by molar-refractivity contribution is 5.72. The van der Waals surface area contributed by atoms with Gasteiger partial charge in [0.2, 0.25) is 0 Å². The van der Waals surface area contributed by atoms with Gasteiger partial charge in [0.15, 0.2) is 0 Å². The van der Waals surface area contributed by atoms with Crippen molar-refractivity contribution in [1.29, 1.82) is 0 Å². The number of hydrogen-bond acceptors (Lipinski definition) is 3. The standard InChI is InChI=1S/C15H29NO2/c1-5-14(11(3)4)16-13-9-7-12(8-10-13)15(17)18-6-2/h11-14,16H,5-10H2,1-4H3. The van der Waals surface area contributed by atoms with E-state index in [0.29, 0.717) is 24.6 Å². The van der Waals surface area contributed by atoms with Crippen LogP contribution in [0.1, 0.15) is 59.8 Å². The molecule has 18 heavy (non-hydrogen) atoms.